The minimum Gasteiger partial charge on any atom is -0.481 e. The third kappa shape index (κ3) is 5.44. The quantitative estimate of drug-likeness (QED) is 0.780. The van der Waals surface area contributed by atoms with E-state index in [0.29, 0.717) is 13.0 Å². The number of para-hydroxylation sites is 1. The molecule has 0 bridgehead atoms. The molecule has 2 N–H and O–H groups in total. The molecule has 2 amide bonds. The number of carbonyl (C=O) groups is 2. The molecular weight excluding hydrogens is 256 g/mol. The molecule has 0 saturated heterocycles. The summed E-state index contributed by atoms with van der Waals surface area (Å²) in [5.41, 5.74) is 0.736. The van der Waals surface area contributed by atoms with Crippen molar-refractivity contribution in [2.24, 2.45) is 0 Å². The van der Waals surface area contributed by atoms with E-state index in [2.05, 4.69) is 17.2 Å². The van der Waals surface area contributed by atoms with Crippen molar-refractivity contribution in [1.29, 1.82) is 0 Å². The molecule has 0 aliphatic heterocycles. The molecular formula is C15H18N2O3. The first-order chi connectivity index (χ1) is 9.65. The van der Waals surface area contributed by atoms with Gasteiger partial charge in [-0.25, -0.2) is 4.79 Å². The standard InChI is InChI=1S/C15H18N2O3/c1-2-3-11-16-15(20)17(12-7-10-14(18)19)13-8-5-4-6-9-13/h4-6,8-9H,7,10-12H2,1H3,(H,16,20)(H,18,19). The smallest absolute Gasteiger partial charge is 0.322 e. The lowest BCUT2D eigenvalue weighted by molar-refractivity contribution is -0.137. The first-order valence-corrected chi connectivity index (χ1v) is 6.37. The minimum atomic E-state index is -0.865. The Bertz CT molecular complexity index is 503. The largest absolute Gasteiger partial charge is 0.481 e. The van der Waals surface area contributed by atoms with Gasteiger partial charge < -0.3 is 10.4 Å². The average Bonchev–Trinajstić information content (AvgIpc) is 2.44. The van der Waals surface area contributed by atoms with Crippen LogP contribution >= 0.6 is 0 Å². The van der Waals surface area contributed by atoms with Crippen LogP contribution in [0.2, 0.25) is 0 Å². The monoisotopic (exact) mass is 274 g/mol. The van der Waals surface area contributed by atoms with Gasteiger partial charge in [0, 0.05) is 18.7 Å². The summed E-state index contributed by atoms with van der Waals surface area (Å²) in [5.74, 6) is 4.59. The fourth-order valence-electron chi connectivity index (χ4n) is 1.65. The zero-order valence-corrected chi connectivity index (χ0v) is 11.4. The van der Waals surface area contributed by atoms with Crippen LogP contribution in [0.5, 0.6) is 0 Å². The minimum absolute atomic E-state index is 0.0331. The molecule has 0 aromatic heterocycles. The molecule has 0 heterocycles. The number of urea groups is 1. The van der Waals surface area contributed by atoms with E-state index in [9.17, 15) is 9.59 Å². The van der Waals surface area contributed by atoms with Crippen molar-refractivity contribution in [1.82, 2.24) is 5.32 Å². The Labute approximate surface area is 118 Å². The Morgan fingerprint density at radius 3 is 2.60 bits per heavy atom. The highest BCUT2D eigenvalue weighted by Crippen LogP contribution is 2.14. The molecule has 0 radical (unpaired) electrons. The summed E-state index contributed by atoms with van der Waals surface area (Å²) in [5, 5.41) is 11.4. The van der Waals surface area contributed by atoms with Gasteiger partial charge in [-0.05, 0) is 25.5 Å². The lowest BCUT2D eigenvalue weighted by Gasteiger charge is -2.22. The number of carbonyl (C=O) groups excluding carboxylic acids is 1. The summed E-state index contributed by atoms with van der Waals surface area (Å²) in [4.78, 5) is 24.2. The first kappa shape index (κ1) is 15.6. The number of rotatable bonds is 6. The number of hydrogen-bond donors (Lipinski definition) is 2. The Balaban J connectivity index is 2.70. The SMILES string of the molecule is CC#CCNC(=O)N(CCCC(=O)O)c1ccccc1. The molecule has 1 rings (SSSR count). The number of carboxylic acid groups (broad SMARTS) is 1. The molecule has 1 aromatic rings. The van der Waals surface area contributed by atoms with E-state index >= 15 is 0 Å². The highest BCUT2D eigenvalue weighted by Gasteiger charge is 2.14. The van der Waals surface area contributed by atoms with Crippen molar-refractivity contribution in [3.63, 3.8) is 0 Å². The molecule has 0 unspecified atom stereocenters. The molecule has 20 heavy (non-hydrogen) atoms. The van der Waals surface area contributed by atoms with Crippen molar-refractivity contribution in [2.45, 2.75) is 19.8 Å². The van der Waals surface area contributed by atoms with Gasteiger partial charge in [0.25, 0.3) is 0 Å². The molecule has 0 saturated carbocycles. The maximum atomic E-state index is 12.1. The second-order valence-corrected chi connectivity index (χ2v) is 4.07. The van der Waals surface area contributed by atoms with Gasteiger partial charge >= 0.3 is 12.0 Å². The molecule has 0 fully saturated rings. The highest BCUT2D eigenvalue weighted by atomic mass is 16.4. The predicted octanol–water partition coefficient (Wildman–Crippen LogP) is 2.09. The summed E-state index contributed by atoms with van der Waals surface area (Å²) in [6.07, 6.45) is 0.433. The molecule has 1 aromatic carbocycles. The Hall–Kier alpha value is -2.48. The van der Waals surface area contributed by atoms with E-state index in [1.165, 1.54) is 4.90 Å². The van der Waals surface area contributed by atoms with Crippen molar-refractivity contribution < 1.29 is 14.7 Å². The van der Waals surface area contributed by atoms with Crippen LogP contribution in [0.15, 0.2) is 30.3 Å². The van der Waals surface area contributed by atoms with Crippen molar-refractivity contribution >= 4 is 17.7 Å². The van der Waals surface area contributed by atoms with Crippen LogP contribution in [0.25, 0.3) is 0 Å². The Kier molecular flexibility index (Phi) is 6.69. The number of aliphatic carboxylic acids is 1. The topological polar surface area (TPSA) is 69.6 Å². The second-order valence-electron chi connectivity index (χ2n) is 4.07. The van der Waals surface area contributed by atoms with Gasteiger partial charge in [-0.15, -0.1) is 5.92 Å². The van der Waals surface area contributed by atoms with Crippen LogP contribution in [0.1, 0.15) is 19.8 Å². The van der Waals surface area contributed by atoms with Gasteiger partial charge in [-0.1, -0.05) is 24.1 Å². The zero-order chi connectivity index (χ0) is 14.8. The van der Waals surface area contributed by atoms with Gasteiger partial charge in [-0.3, -0.25) is 9.69 Å². The molecule has 5 heteroatoms. The van der Waals surface area contributed by atoms with E-state index in [0.717, 1.165) is 5.69 Å². The summed E-state index contributed by atoms with van der Waals surface area (Å²) < 4.78 is 0. The number of nitrogens with one attached hydrogen (secondary N) is 1. The van der Waals surface area contributed by atoms with Gasteiger partial charge in [0.05, 0.1) is 6.54 Å². The maximum absolute atomic E-state index is 12.1. The average molecular weight is 274 g/mol. The molecule has 106 valence electrons. The van der Waals surface area contributed by atoms with Gasteiger partial charge in [-0.2, -0.15) is 0 Å². The molecule has 5 nitrogen and oxygen atoms in total. The van der Waals surface area contributed by atoms with Crippen LogP contribution in [0.4, 0.5) is 10.5 Å². The number of anilines is 1. The second kappa shape index (κ2) is 8.59. The lowest BCUT2D eigenvalue weighted by atomic mass is 10.2. The van der Waals surface area contributed by atoms with Crippen LogP contribution in [0, 0.1) is 11.8 Å². The highest BCUT2D eigenvalue weighted by molar-refractivity contribution is 5.92. The number of nitrogens with zero attached hydrogens (tertiary/aromatic N) is 1. The zero-order valence-electron chi connectivity index (χ0n) is 11.4. The summed E-state index contributed by atoms with van der Waals surface area (Å²) in [7, 11) is 0. The van der Waals surface area contributed by atoms with E-state index in [4.69, 9.17) is 5.11 Å². The maximum Gasteiger partial charge on any atom is 0.322 e. The molecule has 0 aliphatic carbocycles. The number of amides is 2. The van der Waals surface area contributed by atoms with Crippen molar-refractivity contribution in [2.75, 3.05) is 18.0 Å². The fraction of sp³-hybridized carbons (Fsp3) is 0.333. The summed E-state index contributed by atoms with van der Waals surface area (Å²) in [6.45, 7) is 2.33. The third-order valence-corrected chi connectivity index (χ3v) is 2.59. The van der Waals surface area contributed by atoms with Gasteiger partial charge in [0.1, 0.15) is 0 Å². The Morgan fingerprint density at radius 2 is 2.00 bits per heavy atom. The number of carboxylic acids is 1. The third-order valence-electron chi connectivity index (χ3n) is 2.59. The first-order valence-electron chi connectivity index (χ1n) is 6.37. The molecule has 0 atom stereocenters. The van der Waals surface area contributed by atoms with E-state index in [1.807, 2.05) is 30.3 Å². The van der Waals surface area contributed by atoms with Crippen LogP contribution in [-0.4, -0.2) is 30.2 Å². The fourth-order valence-corrected chi connectivity index (χ4v) is 1.65. The van der Waals surface area contributed by atoms with E-state index < -0.39 is 5.97 Å². The molecule has 0 spiro atoms. The molecule has 0 aliphatic rings. The van der Waals surface area contributed by atoms with Crippen molar-refractivity contribution in [3.05, 3.63) is 30.3 Å². The van der Waals surface area contributed by atoms with Crippen LogP contribution in [0.3, 0.4) is 0 Å². The normalized spacial score (nSPS) is 9.25. The Morgan fingerprint density at radius 1 is 1.30 bits per heavy atom. The summed E-state index contributed by atoms with van der Waals surface area (Å²) >= 11 is 0. The summed E-state index contributed by atoms with van der Waals surface area (Å²) in [6, 6.07) is 8.87. The lowest BCUT2D eigenvalue weighted by Crippen LogP contribution is -2.41. The predicted molar refractivity (Wildman–Crippen MR) is 77.5 cm³/mol. The van der Waals surface area contributed by atoms with E-state index in [1.54, 1.807) is 6.92 Å². The van der Waals surface area contributed by atoms with E-state index in [-0.39, 0.29) is 19.0 Å². The van der Waals surface area contributed by atoms with Crippen LogP contribution < -0.4 is 10.2 Å². The number of benzene rings is 1. The van der Waals surface area contributed by atoms with Gasteiger partial charge in [0.15, 0.2) is 0 Å². The van der Waals surface area contributed by atoms with Crippen molar-refractivity contribution in [3.8, 4) is 11.8 Å². The number of hydrogen-bond acceptors (Lipinski definition) is 2. The van der Waals surface area contributed by atoms with Gasteiger partial charge in [0.2, 0.25) is 0 Å². The van der Waals surface area contributed by atoms with Crippen LogP contribution in [-0.2, 0) is 4.79 Å².